The average Bonchev–Trinajstić information content (AvgIpc) is 3.56. The van der Waals surface area contributed by atoms with Crippen LogP contribution >= 0.6 is 0 Å². The van der Waals surface area contributed by atoms with Crippen molar-refractivity contribution in [2.24, 2.45) is 4.99 Å². The Morgan fingerprint density at radius 3 is 2.50 bits per heavy atom. The number of hydrogen-bond acceptors (Lipinski definition) is 5. The molecule has 7 heteroatoms. The number of ether oxygens (including phenoxy) is 3. The molecule has 0 spiro atoms. The number of benzene rings is 1. The Kier molecular flexibility index (Phi) is 11.0. The standard InChI is InChI=1S/C23H40N4O3/c1-18(2)30-22-11-7-20(8-12-22)26-23(24-13-6-14-29-16-15-28-5)25-17-19(3)27(4)21-9-10-21/h7-8,11-12,18-19,21H,6,9-10,13-17H2,1-5H3,(H2,24,25,26). The van der Waals surface area contributed by atoms with Gasteiger partial charge in [0.2, 0.25) is 0 Å². The molecule has 1 fully saturated rings. The summed E-state index contributed by atoms with van der Waals surface area (Å²) in [5.41, 5.74) is 0.983. The molecule has 1 aromatic carbocycles. The molecule has 1 aliphatic carbocycles. The van der Waals surface area contributed by atoms with Crippen LogP contribution in [0.5, 0.6) is 5.75 Å². The molecule has 2 rings (SSSR count). The number of nitrogens with one attached hydrogen (secondary N) is 2. The van der Waals surface area contributed by atoms with Gasteiger partial charge in [0.1, 0.15) is 5.75 Å². The third-order valence-corrected chi connectivity index (χ3v) is 5.01. The minimum Gasteiger partial charge on any atom is -0.491 e. The molecule has 1 saturated carbocycles. The zero-order valence-corrected chi connectivity index (χ0v) is 19.3. The number of guanidine groups is 1. The summed E-state index contributed by atoms with van der Waals surface area (Å²) >= 11 is 0. The summed E-state index contributed by atoms with van der Waals surface area (Å²) < 4.78 is 16.3. The molecule has 170 valence electrons. The first-order valence-corrected chi connectivity index (χ1v) is 11.1. The summed E-state index contributed by atoms with van der Waals surface area (Å²) in [5, 5.41) is 6.84. The van der Waals surface area contributed by atoms with Crippen LogP contribution in [0.2, 0.25) is 0 Å². The van der Waals surface area contributed by atoms with Crippen molar-refractivity contribution >= 4 is 11.6 Å². The maximum absolute atomic E-state index is 5.73. The van der Waals surface area contributed by atoms with E-state index in [9.17, 15) is 0 Å². The fourth-order valence-corrected chi connectivity index (χ4v) is 2.98. The van der Waals surface area contributed by atoms with Crippen molar-refractivity contribution in [1.29, 1.82) is 0 Å². The summed E-state index contributed by atoms with van der Waals surface area (Å²) in [4.78, 5) is 7.26. The van der Waals surface area contributed by atoms with Gasteiger partial charge in [-0.05, 0) is 71.3 Å². The Balaban J connectivity index is 1.87. The summed E-state index contributed by atoms with van der Waals surface area (Å²) in [5.74, 6) is 1.66. The predicted octanol–water partition coefficient (Wildman–Crippen LogP) is 3.37. The van der Waals surface area contributed by atoms with Gasteiger partial charge in [-0.1, -0.05) is 0 Å². The summed E-state index contributed by atoms with van der Waals surface area (Å²) in [6, 6.07) is 9.14. The number of aliphatic imine (C=N–C) groups is 1. The molecule has 1 atom stereocenters. The van der Waals surface area contributed by atoms with E-state index in [1.165, 1.54) is 12.8 Å². The van der Waals surface area contributed by atoms with Crippen LogP contribution in [0.3, 0.4) is 0 Å². The molecule has 0 radical (unpaired) electrons. The average molecular weight is 421 g/mol. The Labute approximate surface area is 182 Å². The topological polar surface area (TPSA) is 67.4 Å². The second kappa shape index (κ2) is 13.5. The molecule has 7 nitrogen and oxygen atoms in total. The summed E-state index contributed by atoms with van der Waals surface area (Å²) in [6.45, 7) is 9.80. The van der Waals surface area contributed by atoms with Crippen molar-refractivity contribution < 1.29 is 14.2 Å². The molecule has 2 N–H and O–H groups in total. The van der Waals surface area contributed by atoms with Gasteiger partial charge in [0.15, 0.2) is 5.96 Å². The molecule has 30 heavy (non-hydrogen) atoms. The van der Waals surface area contributed by atoms with Crippen molar-refractivity contribution in [2.45, 2.75) is 58.2 Å². The van der Waals surface area contributed by atoms with E-state index >= 15 is 0 Å². The van der Waals surface area contributed by atoms with Crippen molar-refractivity contribution in [3.63, 3.8) is 0 Å². The zero-order valence-electron chi connectivity index (χ0n) is 19.3. The van der Waals surface area contributed by atoms with Crippen LogP contribution in [0.15, 0.2) is 29.3 Å². The minimum atomic E-state index is 0.165. The number of nitrogens with zero attached hydrogens (tertiary/aromatic N) is 2. The van der Waals surface area contributed by atoms with Gasteiger partial charge in [-0.2, -0.15) is 0 Å². The normalized spacial score (nSPS) is 15.5. The minimum absolute atomic E-state index is 0.165. The van der Waals surface area contributed by atoms with Crippen molar-refractivity contribution in [3.8, 4) is 5.75 Å². The van der Waals surface area contributed by atoms with E-state index in [0.29, 0.717) is 25.9 Å². The van der Waals surface area contributed by atoms with E-state index in [1.54, 1.807) is 7.11 Å². The van der Waals surface area contributed by atoms with Crippen LogP contribution < -0.4 is 15.4 Å². The van der Waals surface area contributed by atoms with E-state index in [-0.39, 0.29) is 6.10 Å². The Bertz CT molecular complexity index is 617. The Morgan fingerprint density at radius 2 is 1.87 bits per heavy atom. The molecule has 1 unspecified atom stereocenters. The molecule has 0 aliphatic heterocycles. The molecule has 0 amide bonds. The van der Waals surface area contributed by atoms with Crippen molar-refractivity contribution in [1.82, 2.24) is 10.2 Å². The number of methoxy groups -OCH3 is 1. The van der Waals surface area contributed by atoms with Crippen molar-refractivity contribution in [2.75, 3.05) is 52.4 Å². The van der Waals surface area contributed by atoms with Gasteiger partial charge in [0.25, 0.3) is 0 Å². The third kappa shape index (κ3) is 9.78. The molecular formula is C23H40N4O3. The number of anilines is 1. The zero-order chi connectivity index (χ0) is 21.8. The smallest absolute Gasteiger partial charge is 0.195 e. The van der Waals surface area contributed by atoms with Gasteiger partial charge in [-0.15, -0.1) is 0 Å². The highest BCUT2D eigenvalue weighted by molar-refractivity contribution is 5.93. The highest BCUT2D eigenvalue weighted by Gasteiger charge is 2.28. The summed E-state index contributed by atoms with van der Waals surface area (Å²) in [6.07, 6.45) is 3.69. The lowest BCUT2D eigenvalue weighted by Crippen LogP contribution is -2.36. The maximum atomic E-state index is 5.73. The number of hydrogen-bond donors (Lipinski definition) is 2. The molecule has 0 bridgehead atoms. The molecule has 1 aromatic rings. The second-order valence-electron chi connectivity index (χ2n) is 8.14. The first kappa shape index (κ1) is 24.4. The Morgan fingerprint density at radius 1 is 1.13 bits per heavy atom. The van der Waals surface area contributed by atoms with Gasteiger partial charge in [0.05, 0.1) is 25.9 Å². The highest BCUT2D eigenvalue weighted by atomic mass is 16.5. The van der Waals surface area contributed by atoms with E-state index in [4.69, 9.17) is 19.2 Å². The maximum Gasteiger partial charge on any atom is 0.195 e. The molecule has 0 heterocycles. The number of likely N-dealkylation sites (N-methyl/N-ethyl adjacent to an activating group) is 1. The van der Waals surface area contributed by atoms with Crippen LogP contribution in [0.4, 0.5) is 5.69 Å². The lowest BCUT2D eigenvalue weighted by Gasteiger charge is -2.23. The molecular weight excluding hydrogens is 380 g/mol. The fraction of sp³-hybridized carbons (Fsp3) is 0.696. The van der Waals surface area contributed by atoms with Crippen LogP contribution in [-0.4, -0.2) is 76.1 Å². The van der Waals surface area contributed by atoms with E-state index < -0.39 is 0 Å². The Hall–Kier alpha value is -1.83. The molecule has 1 aliphatic rings. The lowest BCUT2D eigenvalue weighted by atomic mass is 10.3. The predicted molar refractivity (Wildman–Crippen MR) is 124 cm³/mol. The second-order valence-corrected chi connectivity index (χ2v) is 8.14. The number of rotatable bonds is 14. The van der Waals surface area contributed by atoms with Gasteiger partial charge in [-0.3, -0.25) is 9.89 Å². The fourth-order valence-electron chi connectivity index (χ4n) is 2.98. The molecule has 0 aromatic heterocycles. The largest absolute Gasteiger partial charge is 0.491 e. The SMILES string of the molecule is COCCOCCCNC(=NCC(C)N(C)C1CC1)Nc1ccc(OC(C)C)cc1. The van der Waals surface area contributed by atoms with Crippen molar-refractivity contribution in [3.05, 3.63) is 24.3 Å². The van der Waals surface area contributed by atoms with Crippen LogP contribution in [0.1, 0.15) is 40.0 Å². The van der Waals surface area contributed by atoms with Gasteiger partial charge in [-0.25, -0.2) is 0 Å². The van der Waals surface area contributed by atoms with Crippen LogP contribution in [0.25, 0.3) is 0 Å². The van der Waals surface area contributed by atoms with E-state index in [2.05, 4.69) is 29.5 Å². The third-order valence-electron chi connectivity index (χ3n) is 5.01. The quantitative estimate of drug-likeness (QED) is 0.273. The van der Waals surface area contributed by atoms with Gasteiger partial charge in [0, 0.05) is 38.0 Å². The van der Waals surface area contributed by atoms with Crippen LogP contribution in [-0.2, 0) is 9.47 Å². The highest BCUT2D eigenvalue weighted by Crippen LogP contribution is 2.26. The first-order valence-electron chi connectivity index (χ1n) is 11.1. The first-order chi connectivity index (χ1) is 14.5. The monoisotopic (exact) mass is 420 g/mol. The van der Waals surface area contributed by atoms with E-state index in [0.717, 1.165) is 42.9 Å². The molecule has 0 saturated heterocycles. The van der Waals surface area contributed by atoms with Gasteiger partial charge < -0.3 is 24.8 Å². The lowest BCUT2D eigenvalue weighted by molar-refractivity contribution is 0.0699. The van der Waals surface area contributed by atoms with Crippen LogP contribution in [0, 0.1) is 0 Å². The summed E-state index contributed by atoms with van der Waals surface area (Å²) in [7, 11) is 3.88. The van der Waals surface area contributed by atoms with E-state index in [1.807, 2.05) is 38.1 Å². The van der Waals surface area contributed by atoms with Gasteiger partial charge >= 0.3 is 0 Å².